The topological polar surface area (TPSA) is 40.6 Å². The number of likely N-dealkylation sites (tertiary alicyclic amines) is 1. The summed E-state index contributed by atoms with van der Waals surface area (Å²) in [5.41, 5.74) is 3.34. The van der Waals surface area contributed by atoms with Crippen LogP contribution in [0.3, 0.4) is 0 Å². The molecule has 0 bridgehead atoms. The van der Waals surface area contributed by atoms with Gasteiger partial charge in [-0.3, -0.25) is 9.59 Å². The highest BCUT2D eigenvalue weighted by Gasteiger charge is 2.49. The van der Waals surface area contributed by atoms with Crippen LogP contribution in [0.2, 0.25) is 5.02 Å². The average Bonchev–Trinajstić information content (AvgIpc) is 3.56. The van der Waals surface area contributed by atoms with Gasteiger partial charge < -0.3 is 9.80 Å². The number of nitrogens with zero attached hydrogens (tertiary/aromatic N) is 2. The van der Waals surface area contributed by atoms with Crippen LogP contribution in [0.1, 0.15) is 41.9 Å². The number of hydrogen-bond acceptors (Lipinski definition) is 2. The zero-order chi connectivity index (χ0) is 20.9. The van der Waals surface area contributed by atoms with Crippen LogP contribution in [-0.4, -0.2) is 41.8 Å². The highest BCUT2D eigenvalue weighted by molar-refractivity contribution is 6.30. The van der Waals surface area contributed by atoms with E-state index in [9.17, 15) is 9.59 Å². The van der Waals surface area contributed by atoms with Crippen LogP contribution < -0.4 is 0 Å². The third-order valence-corrected chi connectivity index (χ3v) is 7.55. The molecule has 2 atom stereocenters. The Morgan fingerprint density at radius 3 is 2.40 bits per heavy atom. The van der Waals surface area contributed by atoms with E-state index in [0.717, 1.165) is 30.7 Å². The van der Waals surface area contributed by atoms with E-state index in [1.54, 1.807) is 0 Å². The number of piperidine rings is 1. The summed E-state index contributed by atoms with van der Waals surface area (Å²) in [6.45, 7) is 2.01. The first-order chi connectivity index (χ1) is 14.5. The fourth-order valence-corrected chi connectivity index (χ4v) is 5.51. The van der Waals surface area contributed by atoms with Crippen molar-refractivity contribution in [2.24, 2.45) is 11.3 Å². The molecule has 2 aromatic rings. The summed E-state index contributed by atoms with van der Waals surface area (Å²) in [7, 11) is 1.91. The minimum absolute atomic E-state index is 0.0773. The third-order valence-electron chi connectivity index (χ3n) is 7.29. The first-order valence-electron chi connectivity index (χ1n) is 10.8. The summed E-state index contributed by atoms with van der Waals surface area (Å²) in [6, 6.07) is 16.2. The Kier molecular flexibility index (Phi) is 4.85. The summed E-state index contributed by atoms with van der Waals surface area (Å²) in [6.07, 6.45) is 3.19. The number of rotatable bonds is 2. The van der Waals surface area contributed by atoms with Gasteiger partial charge in [-0.05, 0) is 60.4 Å². The van der Waals surface area contributed by atoms with Crippen LogP contribution in [0.4, 0.5) is 0 Å². The molecular weight excluding hydrogens is 396 g/mol. The molecule has 4 nitrogen and oxygen atoms in total. The lowest BCUT2D eigenvalue weighted by molar-refractivity contribution is -0.147. The van der Waals surface area contributed by atoms with Crippen molar-refractivity contribution in [1.82, 2.24) is 9.80 Å². The fourth-order valence-electron chi connectivity index (χ4n) is 5.38. The van der Waals surface area contributed by atoms with Gasteiger partial charge in [0.05, 0.1) is 5.41 Å². The number of amides is 2. The zero-order valence-corrected chi connectivity index (χ0v) is 18.1. The maximum Gasteiger partial charge on any atom is 0.229 e. The minimum atomic E-state index is -0.378. The van der Waals surface area contributed by atoms with Crippen molar-refractivity contribution in [3.8, 4) is 0 Å². The molecule has 5 rings (SSSR count). The van der Waals surface area contributed by atoms with E-state index in [-0.39, 0.29) is 23.1 Å². The standard InChI is InChI=1S/C25H27ClN2O2/c1-27-16-19-5-3-2-4-18(19)15-25(24(27)30)10-12-28(13-11-25)23(29)22-14-21(22)17-6-8-20(26)9-7-17/h2-9,21-22H,10-16H2,1H3/t21-,22+/m0/s1. The lowest BCUT2D eigenvalue weighted by Crippen LogP contribution is -2.50. The molecule has 2 heterocycles. The molecule has 1 saturated heterocycles. The molecule has 156 valence electrons. The molecular formula is C25H27ClN2O2. The second kappa shape index (κ2) is 7.42. The molecule has 3 aliphatic rings. The first kappa shape index (κ1) is 19.6. The summed E-state index contributed by atoms with van der Waals surface area (Å²) in [5.74, 6) is 0.868. The van der Waals surface area contributed by atoms with E-state index < -0.39 is 0 Å². The molecule has 5 heteroatoms. The number of fused-ring (bicyclic) bond motifs is 1. The lowest BCUT2D eigenvalue weighted by Gasteiger charge is -2.41. The van der Waals surface area contributed by atoms with Gasteiger partial charge in [0.1, 0.15) is 0 Å². The van der Waals surface area contributed by atoms with Crippen molar-refractivity contribution in [2.45, 2.75) is 38.1 Å². The second-order valence-electron chi connectivity index (χ2n) is 9.21. The van der Waals surface area contributed by atoms with Crippen LogP contribution >= 0.6 is 11.6 Å². The van der Waals surface area contributed by atoms with Crippen LogP contribution in [0.15, 0.2) is 48.5 Å². The van der Waals surface area contributed by atoms with Crippen molar-refractivity contribution in [3.05, 3.63) is 70.2 Å². The van der Waals surface area contributed by atoms with Gasteiger partial charge in [0.2, 0.25) is 11.8 Å². The minimum Gasteiger partial charge on any atom is -0.342 e. The Labute approximate surface area is 182 Å². The molecule has 1 aliphatic carbocycles. The van der Waals surface area contributed by atoms with Gasteiger partial charge in [-0.15, -0.1) is 0 Å². The summed E-state index contributed by atoms with van der Waals surface area (Å²) in [5, 5.41) is 0.725. The fraction of sp³-hybridized carbons (Fsp3) is 0.440. The Morgan fingerprint density at radius 2 is 1.70 bits per heavy atom. The maximum absolute atomic E-state index is 13.3. The largest absolute Gasteiger partial charge is 0.342 e. The van der Waals surface area contributed by atoms with Crippen LogP contribution in [-0.2, 0) is 22.6 Å². The van der Waals surface area contributed by atoms with Crippen LogP contribution in [0, 0.1) is 11.3 Å². The molecule has 0 aromatic heterocycles. The van der Waals surface area contributed by atoms with Gasteiger partial charge in [0.15, 0.2) is 0 Å². The molecule has 2 amide bonds. The smallest absolute Gasteiger partial charge is 0.229 e. The predicted octanol–water partition coefficient (Wildman–Crippen LogP) is 4.27. The molecule has 1 spiro atoms. The highest BCUT2D eigenvalue weighted by Crippen LogP contribution is 2.49. The van der Waals surface area contributed by atoms with Crippen molar-refractivity contribution in [3.63, 3.8) is 0 Å². The maximum atomic E-state index is 13.3. The molecule has 0 N–H and O–H groups in total. The number of benzene rings is 2. The quantitative estimate of drug-likeness (QED) is 0.725. The first-order valence-corrected chi connectivity index (χ1v) is 11.2. The number of hydrogen-bond donors (Lipinski definition) is 0. The molecule has 2 aromatic carbocycles. The van der Waals surface area contributed by atoms with Gasteiger partial charge in [-0.1, -0.05) is 48.0 Å². The monoisotopic (exact) mass is 422 g/mol. The van der Waals surface area contributed by atoms with E-state index in [1.807, 2.05) is 47.2 Å². The van der Waals surface area contributed by atoms with Gasteiger partial charge >= 0.3 is 0 Å². The molecule has 2 aliphatic heterocycles. The SMILES string of the molecule is CN1Cc2ccccc2CC2(CCN(C(=O)[C@@H]3C[C@H]3c3ccc(Cl)cc3)CC2)C1=O. The summed E-state index contributed by atoms with van der Waals surface area (Å²) < 4.78 is 0. The van der Waals surface area contributed by atoms with Crippen LogP contribution in [0.5, 0.6) is 0 Å². The Morgan fingerprint density at radius 1 is 1.03 bits per heavy atom. The van der Waals surface area contributed by atoms with Gasteiger partial charge in [0, 0.05) is 37.6 Å². The number of carbonyl (C=O) groups is 2. The van der Waals surface area contributed by atoms with Gasteiger partial charge in [-0.2, -0.15) is 0 Å². The number of halogens is 1. The van der Waals surface area contributed by atoms with Crippen LogP contribution in [0.25, 0.3) is 0 Å². The summed E-state index contributed by atoms with van der Waals surface area (Å²) >= 11 is 5.99. The van der Waals surface area contributed by atoms with E-state index in [4.69, 9.17) is 11.6 Å². The highest BCUT2D eigenvalue weighted by atomic mass is 35.5. The molecule has 1 saturated carbocycles. The normalized spacial score (nSPS) is 25.1. The molecule has 30 heavy (non-hydrogen) atoms. The molecule has 2 fully saturated rings. The second-order valence-corrected chi connectivity index (χ2v) is 9.65. The average molecular weight is 423 g/mol. The Hall–Kier alpha value is -2.33. The van der Waals surface area contributed by atoms with Crippen molar-refractivity contribution >= 4 is 23.4 Å². The van der Waals surface area contributed by atoms with Crippen molar-refractivity contribution < 1.29 is 9.59 Å². The third kappa shape index (κ3) is 3.41. The van der Waals surface area contributed by atoms with Gasteiger partial charge in [0.25, 0.3) is 0 Å². The Balaban J connectivity index is 1.27. The summed E-state index contributed by atoms with van der Waals surface area (Å²) in [4.78, 5) is 30.3. The van der Waals surface area contributed by atoms with Crippen molar-refractivity contribution in [2.75, 3.05) is 20.1 Å². The van der Waals surface area contributed by atoms with E-state index in [1.165, 1.54) is 16.7 Å². The van der Waals surface area contributed by atoms with E-state index in [2.05, 4.69) is 18.2 Å². The van der Waals surface area contributed by atoms with E-state index >= 15 is 0 Å². The Bertz CT molecular complexity index is 979. The van der Waals surface area contributed by atoms with Crippen molar-refractivity contribution in [1.29, 1.82) is 0 Å². The lowest BCUT2D eigenvalue weighted by atomic mass is 9.73. The van der Waals surface area contributed by atoms with Gasteiger partial charge in [-0.25, -0.2) is 0 Å². The number of carbonyl (C=O) groups excluding carboxylic acids is 2. The van der Waals surface area contributed by atoms with E-state index in [0.29, 0.717) is 25.6 Å². The molecule has 0 radical (unpaired) electrons. The zero-order valence-electron chi connectivity index (χ0n) is 17.3. The molecule has 0 unspecified atom stereocenters. The predicted molar refractivity (Wildman–Crippen MR) is 117 cm³/mol.